The molecule has 16 heavy (non-hydrogen) atoms. The number of rotatable bonds is 4. The van der Waals surface area contributed by atoms with Crippen molar-refractivity contribution in [3.05, 3.63) is 29.6 Å². The summed E-state index contributed by atoms with van der Waals surface area (Å²) in [5.41, 5.74) is 0.211. The van der Waals surface area contributed by atoms with Crippen molar-refractivity contribution in [2.45, 2.75) is 25.2 Å². The Hall–Kier alpha value is -0.873. The predicted molar refractivity (Wildman–Crippen MR) is 64.6 cm³/mol. The Morgan fingerprint density at radius 2 is 2.00 bits per heavy atom. The van der Waals surface area contributed by atoms with Crippen LogP contribution in [0.2, 0.25) is 19.6 Å². The third-order valence-corrected chi connectivity index (χ3v) is 5.34. The molecular weight excluding hydrogens is 223 g/mol. The number of hydrogen-bond acceptors (Lipinski definition) is 1. The summed E-state index contributed by atoms with van der Waals surface area (Å²) in [5.74, 6) is 0.158. The first-order chi connectivity index (χ1) is 7.41. The van der Waals surface area contributed by atoms with Crippen LogP contribution in [0.1, 0.15) is 11.1 Å². The predicted octanol–water partition coefficient (Wildman–Crippen LogP) is 3.23. The molecule has 0 heterocycles. The zero-order valence-electron chi connectivity index (χ0n) is 10.2. The molecule has 0 aliphatic rings. The third kappa shape index (κ3) is 2.62. The average Bonchev–Trinajstić information content (AvgIpc) is 2.19. The fourth-order valence-corrected chi connectivity index (χ4v) is 3.45. The van der Waals surface area contributed by atoms with Gasteiger partial charge in [0.05, 0.1) is 21.8 Å². The van der Waals surface area contributed by atoms with Gasteiger partial charge in [0.15, 0.2) is 0 Å². The molecule has 0 aromatic heterocycles. The van der Waals surface area contributed by atoms with Crippen molar-refractivity contribution in [2.24, 2.45) is 0 Å². The minimum absolute atomic E-state index is 0.247. The van der Waals surface area contributed by atoms with Crippen molar-refractivity contribution in [3.8, 4) is 5.75 Å². The summed E-state index contributed by atoms with van der Waals surface area (Å²) in [5, 5.41) is 11.3. The van der Waals surface area contributed by atoms with Gasteiger partial charge < -0.3 is 4.74 Å². The van der Waals surface area contributed by atoms with Gasteiger partial charge in [-0.3, -0.25) is 0 Å². The molecule has 0 spiro atoms. The van der Waals surface area contributed by atoms with Crippen molar-refractivity contribution >= 4 is 8.07 Å². The number of ether oxygens (including phenoxy) is 1. The molecule has 2 nitrogen and oxygen atoms in total. The Kier molecular flexibility index (Phi) is 4.10. The zero-order chi connectivity index (χ0) is 12.3. The summed E-state index contributed by atoms with van der Waals surface area (Å²) in [6, 6.07) is 4.70. The molecule has 0 aliphatic heterocycles. The molecule has 1 aromatic rings. The summed E-state index contributed by atoms with van der Waals surface area (Å²) in [7, 11) is -0.235. The van der Waals surface area contributed by atoms with Gasteiger partial charge in [-0.05, 0) is 12.1 Å². The second-order valence-corrected chi connectivity index (χ2v) is 10.4. The molecule has 0 saturated heterocycles. The van der Waals surface area contributed by atoms with Gasteiger partial charge in [0, 0.05) is 11.1 Å². The molecule has 0 amide bonds. The number of hydrogen-bond donors (Lipinski definition) is 0. The second kappa shape index (κ2) is 4.97. The van der Waals surface area contributed by atoms with Crippen molar-refractivity contribution in [1.82, 2.24) is 0 Å². The van der Waals surface area contributed by atoms with Crippen LogP contribution in [0.5, 0.6) is 5.75 Å². The molecule has 0 fully saturated rings. The molecule has 1 radical (unpaired) electrons. The molecular formula is C12H18FO2Si. The molecule has 89 valence electrons. The highest BCUT2D eigenvalue weighted by Gasteiger charge is 2.32. The van der Waals surface area contributed by atoms with E-state index in [9.17, 15) is 9.50 Å². The highest BCUT2D eigenvalue weighted by atomic mass is 28.3. The van der Waals surface area contributed by atoms with Crippen LogP contribution < -0.4 is 4.74 Å². The fraction of sp³-hybridized carbons (Fsp3) is 0.500. The molecule has 0 N–H and O–H groups in total. The van der Waals surface area contributed by atoms with Crippen molar-refractivity contribution in [1.29, 1.82) is 0 Å². The largest absolute Gasteiger partial charge is 0.496 e. The van der Waals surface area contributed by atoms with Crippen molar-refractivity contribution < 1.29 is 14.2 Å². The Morgan fingerprint density at radius 3 is 2.44 bits per heavy atom. The van der Waals surface area contributed by atoms with E-state index in [2.05, 4.69) is 19.6 Å². The van der Waals surface area contributed by atoms with E-state index in [1.807, 2.05) is 0 Å². The molecule has 1 atom stereocenters. The van der Waals surface area contributed by atoms with Crippen LogP contribution >= 0.6 is 0 Å². The molecule has 1 aromatic carbocycles. The van der Waals surface area contributed by atoms with E-state index in [1.165, 1.54) is 13.2 Å². The Labute approximate surface area is 97.1 Å². The number of halogens is 1. The van der Waals surface area contributed by atoms with Crippen LogP contribution in [0.3, 0.4) is 0 Å². The maximum atomic E-state index is 13.8. The first kappa shape index (κ1) is 13.2. The summed E-state index contributed by atoms with van der Waals surface area (Å²) in [6.45, 7) is 5.93. The van der Waals surface area contributed by atoms with Gasteiger partial charge in [0.25, 0.3) is 0 Å². The van der Waals surface area contributed by atoms with Crippen LogP contribution in [0.15, 0.2) is 18.2 Å². The lowest BCUT2D eigenvalue weighted by Gasteiger charge is -2.28. The van der Waals surface area contributed by atoms with Crippen LogP contribution in [0.25, 0.3) is 0 Å². The van der Waals surface area contributed by atoms with Gasteiger partial charge in [-0.2, -0.15) is 0 Å². The number of methoxy groups -OCH3 is 1. The Bertz CT molecular complexity index is 361. The standard InChI is InChI=1S/C12H18FO2Si/c1-15-10-7-5-6-9(13)12(10)11(8-14)16(2,3)4/h5-7,11H,8H2,1-4H3. The smallest absolute Gasteiger partial charge is 0.130 e. The fourth-order valence-electron chi connectivity index (χ4n) is 1.80. The monoisotopic (exact) mass is 241 g/mol. The minimum atomic E-state index is -1.74. The molecule has 0 aliphatic carbocycles. The maximum absolute atomic E-state index is 13.8. The Balaban J connectivity index is 3.29. The molecule has 4 heteroatoms. The van der Waals surface area contributed by atoms with Gasteiger partial charge in [0.1, 0.15) is 11.6 Å². The molecule has 1 rings (SSSR count). The number of benzene rings is 1. The summed E-state index contributed by atoms with van der Waals surface area (Å²) < 4.78 is 19.0. The van der Waals surface area contributed by atoms with E-state index < -0.39 is 8.07 Å². The highest BCUT2D eigenvalue weighted by Crippen LogP contribution is 2.35. The van der Waals surface area contributed by atoms with Gasteiger partial charge >= 0.3 is 0 Å². The van der Waals surface area contributed by atoms with Gasteiger partial charge in [0.2, 0.25) is 0 Å². The SMILES string of the molecule is COc1cccc(F)c1C(C[O])[Si](C)(C)C. The highest BCUT2D eigenvalue weighted by molar-refractivity contribution is 6.77. The van der Waals surface area contributed by atoms with Gasteiger partial charge in [-0.1, -0.05) is 25.7 Å². The van der Waals surface area contributed by atoms with Gasteiger partial charge in [-0.15, -0.1) is 0 Å². The van der Waals surface area contributed by atoms with E-state index in [4.69, 9.17) is 4.74 Å². The Morgan fingerprint density at radius 1 is 1.38 bits per heavy atom. The molecule has 1 unspecified atom stereocenters. The quantitative estimate of drug-likeness (QED) is 0.744. The lowest BCUT2D eigenvalue weighted by Crippen LogP contribution is -2.34. The van der Waals surface area contributed by atoms with Crippen molar-refractivity contribution in [2.75, 3.05) is 13.7 Å². The van der Waals surface area contributed by atoms with Crippen LogP contribution in [-0.4, -0.2) is 21.8 Å². The van der Waals surface area contributed by atoms with Crippen LogP contribution in [0.4, 0.5) is 4.39 Å². The van der Waals surface area contributed by atoms with E-state index in [0.717, 1.165) is 0 Å². The van der Waals surface area contributed by atoms with E-state index in [0.29, 0.717) is 11.3 Å². The van der Waals surface area contributed by atoms with Gasteiger partial charge in [-0.25, -0.2) is 9.50 Å². The molecule has 0 saturated carbocycles. The maximum Gasteiger partial charge on any atom is 0.130 e. The molecule has 0 bridgehead atoms. The lowest BCUT2D eigenvalue weighted by molar-refractivity contribution is 0.188. The first-order valence-electron chi connectivity index (χ1n) is 5.32. The second-order valence-electron chi connectivity index (χ2n) is 4.94. The normalized spacial score (nSPS) is 13.6. The van der Waals surface area contributed by atoms with E-state index in [-0.39, 0.29) is 18.0 Å². The summed E-state index contributed by atoms with van der Waals surface area (Å²) in [6.07, 6.45) is 0. The first-order valence-corrected chi connectivity index (χ1v) is 8.90. The third-order valence-electron chi connectivity index (χ3n) is 2.79. The topological polar surface area (TPSA) is 29.1 Å². The minimum Gasteiger partial charge on any atom is -0.496 e. The van der Waals surface area contributed by atoms with E-state index >= 15 is 0 Å². The van der Waals surface area contributed by atoms with Crippen LogP contribution in [0, 0.1) is 5.82 Å². The van der Waals surface area contributed by atoms with Crippen molar-refractivity contribution in [3.63, 3.8) is 0 Å². The summed E-state index contributed by atoms with van der Waals surface area (Å²) in [4.78, 5) is 0. The van der Waals surface area contributed by atoms with Crippen LogP contribution in [-0.2, 0) is 5.11 Å². The summed E-state index contributed by atoms with van der Waals surface area (Å²) >= 11 is 0. The zero-order valence-corrected chi connectivity index (χ0v) is 11.2. The average molecular weight is 241 g/mol. The van der Waals surface area contributed by atoms with E-state index in [1.54, 1.807) is 12.1 Å². The lowest BCUT2D eigenvalue weighted by atomic mass is 10.1.